The number of nitrogens with zero attached hydrogens (tertiary/aromatic N) is 2. The van der Waals surface area contributed by atoms with E-state index in [1.54, 1.807) is 4.90 Å². The topological polar surface area (TPSA) is 131 Å². The molecule has 0 saturated carbocycles. The molecule has 5 rings (SSSR count). The molecule has 0 radical (unpaired) electrons. The van der Waals surface area contributed by atoms with Gasteiger partial charge in [0, 0.05) is 31.1 Å². The number of carbonyl (C=O) groups excluding carboxylic acids is 3. The number of nitrogens with one attached hydrogen (secondary N) is 2. The fourth-order valence-electron chi connectivity index (χ4n) is 6.61. The first-order chi connectivity index (χ1) is 21.8. The molecule has 0 spiro atoms. The first-order valence-electron chi connectivity index (χ1n) is 16.3. The van der Waals surface area contributed by atoms with Gasteiger partial charge in [-0.2, -0.15) is 0 Å². The van der Waals surface area contributed by atoms with E-state index in [2.05, 4.69) is 10.6 Å². The predicted octanol–water partition coefficient (Wildman–Crippen LogP) is 3.94. The highest BCUT2D eigenvalue weighted by molar-refractivity contribution is 6.43. The number of hydrogen-bond donors (Lipinski definition) is 4. The van der Waals surface area contributed by atoms with Gasteiger partial charge in [0.2, 0.25) is 11.8 Å². The maximum Gasteiger partial charge on any atom is 0.475 e. The molecule has 242 valence electrons. The molecule has 2 fully saturated rings. The van der Waals surface area contributed by atoms with Crippen LogP contribution in [0.15, 0.2) is 48.5 Å². The predicted molar refractivity (Wildman–Crippen MR) is 172 cm³/mol. The normalized spacial score (nSPS) is 25.0. The summed E-state index contributed by atoms with van der Waals surface area (Å²) in [6.45, 7) is 1.34. The van der Waals surface area contributed by atoms with Crippen molar-refractivity contribution < 1.29 is 29.2 Å². The van der Waals surface area contributed by atoms with Crippen molar-refractivity contribution in [3.05, 3.63) is 70.2 Å². The Morgan fingerprint density at radius 3 is 2.22 bits per heavy atom. The summed E-state index contributed by atoms with van der Waals surface area (Å²) in [4.78, 5) is 44.3. The van der Waals surface area contributed by atoms with Crippen LogP contribution in [-0.4, -0.2) is 75.5 Å². The third-order valence-corrected chi connectivity index (χ3v) is 9.57. The molecule has 4 atom stereocenters. The van der Waals surface area contributed by atoms with E-state index in [-0.39, 0.29) is 18.9 Å². The monoisotopic (exact) mass is 638 g/mol. The zero-order valence-corrected chi connectivity index (χ0v) is 26.5. The number of benzene rings is 2. The van der Waals surface area contributed by atoms with Crippen LogP contribution >= 0.6 is 11.6 Å². The molecule has 2 saturated heterocycles. The van der Waals surface area contributed by atoms with Gasteiger partial charge in [-0.3, -0.25) is 14.5 Å². The SMILES string of the molecule is O=C1N[C@@H](B(O)O)CCCCCCCCCC(NCc2ccccc2Cl)C(=O)N2C[C@H](OC(=O)N3Cc4ccccc4C3)C[C@@H]12. The third kappa shape index (κ3) is 8.79. The Kier molecular flexibility index (Phi) is 11.8. The lowest BCUT2D eigenvalue weighted by Gasteiger charge is -2.30. The molecule has 45 heavy (non-hydrogen) atoms. The number of halogens is 1. The largest absolute Gasteiger partial charge is 0.475 e. The van der Waals surface area contributed by atoms with E-state index < -0.39 is 43.2 Å². The van der Waals surface area contributed by atoms with Crippen molar-refractivity contribution in [2.45, 2.75) is 108 Å². The zero-order valence-electron chi connectivity index (χ0n) is 25.7. The van der Waals surface area contributed by atoms with E-state index >= 15 is 0 Å². The Morgan fingerprint density at radius 1 is 0.933 bits per heavy atom. The first-order valence-corrected chi connectivity index (χ1v) is 16.6. The van der Waals surface area contributed by atoms with Gasteiger partial charge in [0.25, 0.3) is 0 Å². The van der Waals surface area contributed by atoms with Gasteiger partial charge in [0.05, 0.1) is 18.5 Å². The molecule has 4 N–H and O–H groups in total. The molecule has 2 aromatic rings. The van der Waals surface area contributed by atoms with Gasteiger partial charge in [0.1, 0.15) is 12.1 Å². The van der Waals surface area contributed by atoms with E-state index in [1.165, 1.54) is 4.90 Å². The average molecular weight is 639 g/mol. The number of ether oxygens (including phenoxy) is 1. The second-order valence-electron chi connectivity index (χ2n) is 12.5. The maximum absolute atomic E-state index is 14.2. The van der Waals surface area contributed by atoms with E-state index in [4.69, 9.17) is 16.3 Å². The molecule has 10 nitrogen and oxygen atoms in total. The van der Waals surface area contributed by atoms with E-state index in [0.29, 0.717) is 37.5 Å². The summed E-state index contributed by atoms with van der Waals surface area (Å²) >= 11 is 6.40. The molecule has 3 aliphatic rings. The van der Waals surface area contributed by atoms with Crippen molar-refractivity contribution in [3.63, 3.8) is 0 Å². The van der Waals surface area contributed by atoms with Gasteiger partial charge in [-0.05, 0) is 35.6 Å². The van der Waals surface area contributed by atoms with Crippen LogP contribution in [0, 0.1) is 0 Å². The van der Waals surface area contributed by atoms with Crippen molar-refractivity contribution in [1.29, 1.82) is 0 Å². The van der Waals surface area contributed by atoms with Crippen LogP contribution in [0.1, 0.15) is 80.9 Å². The summed E-state index contributed by atoms with van der Waals surface area (Å²) in [6, 6.07) is 13.8. The van der Waals surface area contributed by atoms with Gasteiger partial charge < -0.3 is 30.3 Å². The Labute approximate surface area is 270 Å². The molecular formula is C33H44BClN4O6. The first kappa shape index (κ1) is 33.3. The van der Waals surface area contributed by atoms with Gasteiger partial charge >= 0.3 is 13.2 Å². The van der Waals surface area contributed by atoms with Crippen LogP contribution < -0.4 is 10.6 Å². The summed E-state index contributed by atoms with van der Waals surface area (Å²) in [6.07, 6.45) is 6.62. The maximum atomic E-state index is 14.2. The van der Waals surface area contributed by atoms with Crippen LogP contribution in [0.3, 0.4) is 0 Å². The molecule has 12 heteroatoms. The van der Waals surface area contributed by atoms with E-state index in [0.717, 1.165) is 61.6 Å². The number of rotatable bonds is 5. The van der Waals surface area contributed by atoms with Crippen LogP contribution in [0.4, 0.5) is 4.79 Å². The second-order valence-corrected chi connectivity index (χ2v) is 12.9. The van der Waals surface area contributed by atoms with Crippen LogP contribution in [-0.2, 0) is 34.0 Å². The fourth-order valence-corrected chi connectivity index (χ4v) is 6.82. The van der Waals surface area contributed by atoms with Crippen molar-refractivity contribution in [1.82, 2.24) is 20.4 Å². The van der Waals surface area contributed by atoms with Crippen molar-refractivity contribution in [2.24, 2.45) is 0 Å². The lowest BCUT2D eigenvalue weighted by atomic mass is 9.76. The molecule has 2 aromatic carbocycles. The minimum Gasteiger partial charge on any atom is -0.444 e. The van der Waals surface area contributed by atoms with Crippen molar-refractivity contribution in [3.8, 4) is 0 Å². The minimum absolute atomic E-state index is 0.0695. The Bertz CT molecular complexity index is 1310. The fraction of sp³-hybridized carbons (Fsp3) is 0.545. The van der Waals surface area contributed by atoms with Gasteiger partial charge in [-0.1, -0.05) is 99.0 Å². The lowest BCUT2D eigenvalue weighted by molar-refractivity contribution is -0.140. The van der Waals surface area contributed by atoms with E-state index in [9.17, 15) is 24.4 Å². The summed E-state index contributed by atoms with van der Waals surface area (Å²) < 4.78 is 5.91. The molecule has 0 aliphatic carbocycles. The van der Waals surface area contributed by atoms with Gasteiger partial charge in [-0.15, -0.1) is 0 Å². The molecule has 1 unspecified atom stereocenters. The molecule has 3 heterocycles. The van der Waals surface area contributed by atoms with Crippen molar-refractivity contribution >= 4 is 36.6 Å². The summed E-state index contributed by atoms with van der Waals surface area (Å²) in [5.74, 6) is -1.59. The zero-order chi connectivity index (χ0) is 31.8. The second kappa shape index (κ2) is 15.9. The summed E-state index contributed by atoms with van der Waals surface area (Å²) in [5, 5.41) is 26.9. The lowest BCUT2D eigenvalue weighted by Crippen LogP contribution is -2.56. The van der Waals surface area contributed by atoms with Gasteiger partial charge in [0.15, 0.2) is 0 Å². The average Bonchev–Trinajstić information content (AvgIpc) is 3.66. The molecule has 3 amide bonds. The smallest absolute Gasteiger partial charge is 0.444 e. The number of hydrogen-bond acceptors (Lipinski definition) is 7. The number of amides is 3. The van der Waals surface area contributed by atoms with Crippen LogP contribution in [0.5, 0.6) is 0 Å². The van der Waals surface area contributed by atoms with E-state index in [1.807, 2.05) is 48.5 Å². The Balaban J connectivity index is 1.34. The van der Waals surface area contributed by atoms with Crippen molar-refractivity contribution in [2.75, 3.05) is 6.54 Å². The van der Waals surface area contributed by atoms with Crippen LogP contribution in [0.2, 0.25) is 5.02 Å². The highest BCUT2D eigenvalue weighted by Gasteiger charge is 2.44. The quantitative estimate of drug-likeness (QED) is 0.365. The number of fused-ring (bicyclic) bond motifs is 2. The Morgan fingerprint density at radius 2 is 1.56 bits per heavy atom. The van der Waals surface area contributed by atoms with Crippen LogP contribution in [0.25, 0.3) is 0 Å². The molecular weight excluding hydrogens is 595 g/mol. The molecule has 3 aliphatic heterocycles. The highest BCUT2D eigenvalue weighted by Crippen LogP contribution is 2.28. The number of carbonyl (C=O) groups is 3. The Hall–Kier alpha value is -3.12. The highest BCUT2D eigenvalue weighted by atomic mass is 35.5. The standard InChI is InChI=1S/C33H44BClN4O6/c35-27-15-11-10-12-23(27)19-36-28-16-6-4-2-1-3-5-7-17-30(34(43)44)37-31(40)29-18-26(22-39(29)32(28)41)45-33(42)38-20-24-13-8-9-14-25(24)21-38/h8-15,26,28-30,36,43-44H,1-7,16-22H2,(H,37,40)/t26-,28?,29+,30-/m1/s1. The summed E-state index contributed by atoms with van der Waals surface area (Å²) in [7, 11) is -1.73. The molecule has 0 bridgehead atoms. The molecule has 0 aromatic heterocycles. The van der Waals surface area contributed by atoms with Gasteiger partial charge in [-0.25, -0.2) is 4.79 Å². The minimum atomic E-state index is -1.73. The third-order valence-electron chi connectivity index (χ3n) is 9.21. The summed E-state index contributed by atoms with van der Waals surface area (Å²) in [5.41, 5.74) is 3.01.